The number of aromatic nitrogens is 2. The lowest BCUT2D eigenvalue weighted by Gasteiger charge is -2.06. The van der Waals surface area contributed by atoms with Crippen LogP contribution in [-0.2, 0) is 6.54 Å². The molecule has 1 heterocycles. The van der Waals surface area contributed by atoms with Crippen LogP contribution in [0.2, 0.25) is 0 Å². The van der Waals surface area contributed by atoms with E-state index in [9.17, 15) is 0 Å². The first-order chi connectivity index (χ1) is 6.40. The summed E-state index contributed by atoms with van der Waals surface area (Å²) in [6.07, 6.45) is 8.41. The summed E-state index contributed by atoms with van der Waals surface area (Å²) in [5.41, 5.74) is 0. The van der Waals surface area contributed by atoms with Crippen molar-refractivity contribution in [1.29, 1.82) is 0 Å². The Morgan fingerprint density at radius 3 is 3.23 bits per heavy atom. The Hall–Kier alpha value is -1.25. The Labute approximate surface area is 78.5 Å². The monoisotopic (exact) mass is 177 g/mol. The Morgan fingerprint density at radius 1 is 1.69 bits per heavy atom. The number of hydrogen-bond acceptors (Lipinski definition) is 2. The van der Waals surface area contributed by atoms with Gasteiger partial charge < -0.3 is 9.88 Å². The minimum Gasteiger partial charge on any atom is -0.355 e. The molecule has 0 atom stereocenters. The van der Waals surface area contributed by atoms with Gasteiger partial charge in [-0.15, -0.1) is 6.58 Å². The molecule has 2 rings (SSSR count). The summed E-state index contributed by atoms with van der Waals surface area (Å²) < 4.78 is 2.06. The maximum atomic E-state index is 4.24. The van der Waals surface area contributed by atoms with Crippen LogP contribution in [0, 0.1) is 5.92 Å². The molecule has 70 valence electrons. The third-order valence-corrected chi connectivity index (χ3v) is 2.29. The molecule has 0 bridgehead atoms. The van der Waals surface area contributed by atoms with Crippen LogP contribution in [0.25, 0.3) is 0 Å². The molecule has 1 N–H and O–H groups in total. The molecule has 1 aliphatic rings. The standard InChI is InChI=1S/C10H15N3/c1-2-6-13-7-5-11-10(13)12-8-9-3-4-9/h2,5,7,9H,1,3-4,6,8H2,(H,11,12). The van der Waals surface area contributed by atoms with Crippen molar-refractivity contribution in [1.82, 2.24) is 9.55 Å². The zero-order valence-electron chi connectivity index (χ0n) is 7.74. The van der Waals surface area contributed by atoms with E-state index >= 15 is 0 Å². The van der Waals surface area contributed by atoms with E-state index in [1.807, 2.05) is 18.5 Å². The van der Waals surface area contributed by atoms with Crippen LogP contribution in [-0.4, -0.2) is 16.1 Å². The number of imidazole rings is 1. The van der Waals surface area contributed by atoms with Crippen LogP contribution in [0.4, 0.5) is 5.95 Å². The van der Waals surface area contributed by atoms with Gasteiger partial charge >= 0.3 is 0 Å². The molecule has 3 nitrogen and oxygen atoms in total. The first-order valence-corrected chi connectivity index (χ1v) is 4.76. The molecule has 1 aromatic heterocycles. The van der Waals surface area contributed by atoms with Gasteiger partial charge in [-0.2, -0.15) is 0 Å². The highest BCUT2D eigenvalue weighted by Crippen LogP contribution is 2.28. The zero-order valence-corrected chi connectivity index (χ0v) is 7.74. The molecule has 13 heavy (non-hydrogen) atoms. The summed E-state index contributed by atoms with van der Waals surface area (Å²) in [6.45, 7) is 5.60. The number of hydrogen-bond donors (Lipinski definition) is 1. The molecule has 0 aliphatic heterocycles. The second kappa shape index (κ2) is 3.64. The van der Waals surface area contributed by atoms with Gasteiger partial charge in [0.15, 0.2) is 0 Å². The largest absolute Gasteiger partial charge is 0.355 e. The van der Waals surface area contributed by atoms with Gasteiger partial charge in [0, 0.05) is 25.5 Å². The molecular weight excluding hydrogens is 162 g/mol. The highest BCUT2D eigenvalue weighted by Gasteiger charge is 2.21. The van der Waals surface area contributed by atoms with Crippen molar-refractivity contribution in [3.63, 3.8) is 0 Å². The number of allylic oxidation sites excluding steroid dienone is 1. The van der Waals surface area contributed by atoms with E-state index in [4.69, 9.17) is 0 Å². The molecule has 0 radical (unpaired) electrons. The summed E-state index contributed by atoms with van der Waals surface area (Å²) >= 11 is 0. The SMILES string of the molecule is C=CCn1ccnc1NCC1CC1. The highest BCUT2D eigenvalue weighted by molar-refractivity contribution is 5.26. The smallest absolute Gasteiger partial charge is 0.203 e. The molecule has 0 saturated heterocycles. The number of nitrogens with zero attached hydrogens (tertiary/aromatic N) is 2. The quantitative estimate of drug-likeness (QED) is 0.696. The van der Waals surface area contributed by atoms with E-state index in [1.54, 1.807) is 0 Å². The van der Waals surface area contributed by atoms with Crippen LogP contribution in [0.15, 0.2) is 25.0 Å². The molecular formula is C10H15N3. The van der Waals surface area contributed by atoms with Crippen LogP contribution >= 0.6 is 0 Å². The normalized spacial score (nSPS) is 15.7. The topological polar surface area (TPSA) is 29.9 Å². The van der Waals surface area contributed by atoms with Gasteiger partial charge in [0.2, 0.25) is 5.95 Å². The van der Waals surface area contributed by atoms with Crippen molar-refractivity contribution < 1.29 is 0 Å². The Balaban J connectivity index is 1.92. The zero-order chi connectivity index (χ0) is 9.10. The Morgan fingerprint density at radius 2 is 2.54 bits per heavy atom. The predicted molar refractivity (Wildman–Crippen MR) is 53.6 cm³/mol. The lowest BCUT2D eigenvalue weighted by atomic mass is 10.4. The van der Waals surface area contributed by atoms with Crippen LogP contribution in [0.5, 0.6) is 0 Å². The molecule has 0 amide bonds. The first kappa shape index (κ1) is 8.35. The fourth-order valence-corrected chi connectivity index (χ4v) is 1.32. The van der Waals surface area contributed by atoms with E-state index in [-0.39, 0.29) is 0 Å². The van der Waals surface area contributed by atoms with Crippen molar-refractivity contribution in [2.24, 2.45) is 5.92 Å². The second-order valence-electron chi connectivity index (χ2n) is 3.52. The van der Waals surface area contributed by atoms with Crippen LogP contribution < -0.4 is 5.32 Å². The van der Waals surface area contributed by atoms with E-state index in [0.717, 1.165) is 25.0 Å². The lowest BCUT2D eigenvalue weighted by Crippen LogP contribution is -2.09. The van der Waals surface area contributed by atoms with Crippen molar-refractivity contribution >= 4 is 5.95 Å². The molecule has 1 aromatic rings. The number of rotatable bonds is 5. The van der Waals surface area contributed by atoms with Gasteiger partial charge in [0.25, 0.3) is 0 Å². The van der Waals surface area contributed by atoms with Gasteiger partial charge in [-0.05, 0) is 18.8 Å². The van der Waals surface area contributed by atoms with Gasteiger partial charge in [-0.25, -0.2) is 4.98 Å². The molecule has 0 aromatic carbocycles. The maximum Gasteiger partial charge on any atom is 0.203 e. The predicted octanol–water partition coefficient (Wildman–Crippen LogP) is 1.89. The van der Waals surface area contributed by atoms with Crippen LogP contribution in [0.1, 0.15) is 12.8 Å². The molecule has 1 fully saturated rings. The summed E-state index contributed by atoms with van der Waals surface area (Å²) in [4.78, 5) is 4.24. The fraction of sp³-hybridized carbons (Fsp3) is 0.500. The maximum absolute atomic E-state index is 4.24. The highest BCUT2D eigenvalue weighted by atomic mass is 15.2. The number of anilines is 1. The average Bonchev–Trinajstić information content (AvgIpc) is 2.86. The van der Waals surface area contributed by atoms with Gasteiger partial charge in [-0.1, -0.05) is 6.08 Å². The molecule has 1 saturated carbocycles. The van der Waals surface area contributed by atoms with E-state index < -0.39 is 0 Å². The summed E-state index contributed by atoms with van der Waals surface area (Å²) in [7, 11) is 0. The minimum absolute atomic E-state index is 0.826. The van der Waals surface area contributed by atoms with Crippen molar-refractivity contribution in [3.05, 3.63) is 25.0 Å². The average molecular weight is 177 g/mol. The van der Waals surface area contributed by atoms with E-state index in [1.165, 1.54) is 12.8 Å². The number of nitrogens with one attached hydrogen (secondary N) is 1. The van der Waals surface area contributed by atoms with Gasteiger partial charge in [0.05, 0.1) is 0 Å². The first-order valence-electron chi connectivity index (χ1n) is 4.76. The van der Waals surface area contributed by atoms with Crippen molar-refractivity contribution in [2.45, 2.75) is 19.4 Å². The van der Waals surface area contributed by atoms with Crippen LogP contribution in [0.3, 0.4) is 0 Å². The van der Waals surface area contributed by atoms with E-state index in [0.29, 0.717) is 0 Å². The minimum atomic E-state index is 0.826. The fourth-order valence-electron chi connectivity index (χ4n) is 1.32. The Kier molecular flexibility index (Phi) is 2.34. The summed E-state index contributed by atoms with van der Waals surface area (Å²) in [6, 6.07) is 0. The van der Waals surface area contributed by atoms with Crippen molar-refractivity contribution in [3.8, 4) is 0 Å². The molecule has 0 spiro atoms. The third kappa shape index (κ3) is 2.11. The van der Waals surface area contributed by atoms with Gasteiger partial charge in [0.1, 0.15) is 0 Å². The summed E-state index contributed by atoms with van der Waals surface area (Å²) in [5, 5.41) is 3.34. The summed E-state index contributed by atoms with van der Waals surface area (Å²) in [5.74, 6) is 1.85. The molecule has 1 aliphatic carbocycles. The third-order valence-electron chi connectivity index (χ3n) is 2.29. The van der Waals surface area contributed by atoms with Gasteiger partial charge in [-0.3, -0.25) is 0 Å². The molecule has 3 heteroatoms. The lowest BCUT2D eigenvalue weighted by molar-refractivity contribution is 0.799. The Bertz CT molecular complexity index is 286. The molecule has 0 unspecified atom stereocenters. The van der Waals surface area contributed by atoms with E-state index in [2.05, 4.69) is 21.4 Å². The van der Waals surface area contributed by atoms with Crippen molar-refractivity contribution in [2.75, 3.05) is 11.9 Å². The second-order valence-corrected chi connectivity index (χ2v) is 3.52.